The van der Waals surface area contributed by atoms with E-state index in [9.17, 15) is 0 Å². The quantitative estimate of drug-likeness (QED) is 0.181. The van der Waals surface area contributed by atoms with Crippen LogP contribution in [0, 0.1) is 0 Å². The van der Waals surface area contributed by atoms with Crippen molar-refractivity contribution in [3.63, 3.8) is 0 Å². The fourth-order valence-electron chi connectivity index (χ4n) is 8.48. The van der Waals surface area contributed by atoms with Crippen molar-refractivity contribution in [2.24, 2.45) is 9.98 Å². The molecule has 0 radical (unpaired) electrons. The Morgan fingerprint density at radius 1 is 0.571 bits per heavy atom. The van der Waals surface area contributed by atoms with Gasteiger partial charge in [0.25, 0.3) is 0 Å². The van der Waals surface area contributed by atoms with E-state index in [1.807, 2.05) is 35.6 Å². The first-order valence-corrected chi connectivity index (χ1v) is 20.0. The highest BCUT2D eigenvalue weighted by Crippen LogP contribution is 2.43. The Morgan fingerprint density at radius 3 is 2.07 bits per heavy atom. The highest BCUT2D eigenvalue weighted by Gasteiger charge is 2.24. The minimum absolute atomic E-state index is 0.242. The Morgan fingerprint density at radius 2 is 1.27 bits per heavy atom. The maximum atomic E-state index is 5.08. The molecule has 0 bridgehead atoms. The molecule has 11 rings (SSSR count). The van der Waals surface area contributed by atoms with Gasteiger partial charge in [0.2, 0.25) is 0 Å². The van der Waals surface area contributed by atoms with Gasteiger partial charge in [-0.3, -0.25) is 0 Å². The number of hydrogen-bond donors (Lipinski definition) is 1. The van der Waals surface area contributed by atoms with Crippen LogP contribution in [0.1, 0.15) is 46.1 Å². The number of rotatable bonds is 6. The van der Waals surface area contributed by atoms with Gasteiger partial charge in [-0.15, -0.1) is 11.3 Å². The van der Waals surface area contributed by atoms with Crippen LogP contribution in [0.15, 0.2) is 186 Å². The van der Waals surface area contributed by atoms with Gasteiger partial charge in [0.1, 0.15) is 12.0 Å². The number of nitrogens with zero attached hydrogens (tertiary/aromatic N) is 3. The zero-order valence-corrected chi connectivity index (χ0v) is 31.4. The Balaban J connectivity index is 1.05. The van der Waals surface area contributed by atoms with Crippen LogP contribution in [-0.4, -0.2) is 16.2 Å². The van der Waals surface area contributed by atoms with E-state index in [-0.39, 0.29) is 6.17 Å². The largest absolute Gasteiger partial charge is 0.344 e. The predicted octanol–water partition coefficient (Wildman–Crippen LogP) is 12.6. The summed E-state index contributed by atoms with van der Waals surface area (Å²) in [6.45, 7) is 0. The molecule has 56 heavy (non-hydrogen) atoms. The van der Waals surface area contributed by atoms with Gasteiger partial charge < -0.3 is 9.88 Å². The average Bonchev–Trinajstić information content (AvgIpc) is 3.82. The molecule has 0 fully saturated rings. The third-order valence-corrected chi connectivity index (χ3v) is 12.4. The number of allylic oxidation sites excluding steroid dienone is 1. The van der Waals surface area contributed by atoms with E-state index in [2.05, 4.69) is 168 Å². The van der Waals surface area contributed by atoms with Gasteiger partial charge in [-0.1, -0.05) is 140 Å². The summed E-state index contributed by atoms with van der Waals surface area (Å²) in [6.07, 6.45) is 4.14. The number of nitrogens with one attached hydrogen (secondary N) is 1. The molecule has 0 spiro atoms. The summed E-state index contributed by atoms with van der Waals surface area (Å²) in [5, 5.41) is 7.55. The highest BCUT2D eigenvalue weighted by molar-refractivity contribution is 7.26. The summed E-state index contributed by atoms with van der Waals surface area (Å²) >= 11 is 1.88. The molecule has 1 aliphatic carbocycles. The zero-order valence-electron chi connectivity index (χ0n) is 30.6. The molecule has 7 aromatic carbocycles. The first-order chi connectivity index (χ1) is 27.7. The highest BCUT2D eigenvalue weighted by atomic mass is 32.1. The maximum Gasteiger partial charge on any atom is 0.159 e. The number of fused-ring (bicyclic) bond motifs is 6. The molecule has 4 nitrogen and oxygen atoms in total. The first-order valence-electron chi connectivity index (χ1n) is 19.2. The standard InChI is InChI=1S/C51H36N4S/c1-4-13-33(14-5-1)37-26-30-45-44(31-37)41-29-25-38(40-20-12-21-43-42-19-10-11-22-47(42)56-48(40)43)32-46(41)55(45)39-27-23-36(24-28-39)51-53-49(34-15-6-2-7-16-34)52-50(54-51)35-17-8-3-9-18-35/h1-25,27-29,31-32,49H,26,30H2,(H,52,53,54). The monoisotopic (exact) mass is 736 g/mol. The van der Waals surface area contributed by atoms with Crippen LogP contribution in [0.25, 0.3) is 59.5 Å². The van der Waals surface area contributed by atoms with Crippen molar-refractivity contribution in [2.75, 3.05) is 0 Å². The topological polar surface area (TPSA) is 41.7 Å². The van der Waals surface area contributed by atoms with E-state index in [0.29, 0.717) is 0 Å². The molecule has 1 aliphatic heterocycles. The third-order valence-electron chi connectivity index (χ3n) is 11.2. The second-order valence-corrected chi connectivity index (χ2v) is 15.6. The minimum atomic E-state index is -0.242. The van der Waals surface area contributed by atoms with Gasteiger partial charge in [0, 0.05) is 53.6 Å². The smallest absolute Gasteiger partial charge is 0.159 e. The maximum absolute atomic E-state index is 5.08. The molecule has 2 aliphatic rings. The molecule has 0 saturated carbocycles. The average molecular weight is 737 g/mol. The second-order valence-electron chi connectivity index (χ2n) is 14.5. The van der Waals surface area contributed by atoms with Crippen molar-refractivity contribution in [1.29, 1.82) is 0 Å². The van der Waals surface area contributed by atoms with Crippen LogP contribution < -0.4 is 5.32 Å². The third kappa shape index (κ3) is 5.59. The van der Waals surface area contributed by atoms with Crippen molar-refractivity contribution in [1.82, 2.24) is 9.88 Å². The van der Waals surface area contributed by atoms with Crippen LogP contribution in [0.5, 0.6) is 0 Å². The normalized spacial score (nSPS) is 15.3. The van der Waals surface area contributed by atoms with Crippen molar-refractivity contribution < 1.29 is 0 Å². The number of aromatic nitrogens is 1. The van der Waals surface area contributed by atoms with Crippen LogP contribution >= 0.6 is 11.3 Å². The molecule has 5 heteroatoms. The van der Waals surface area contributed by atoms with Crippen molar-refractivity contribution in [3.8, 4) is 16.8 Å². The lowest BCUT2D eigenvalue weighted by Gasteiger charge is -2.24. The van der Waals surface area contributed by atoms with Gasteiger partial charge in [-0.25, -0.2) is 9.98 Å². The number of aliphatic imine (C=N–C) groups is 2. The summed E-state index contributed by atoms with van der Waals surface area (Å²) in [7, 11) is 0. The van der Waals surface area contributed by atoms with Gasteiger partial charge in [0.15, 0.2) is 5.84 Å². The lowest BCUT2D eigenvalue weighted by Crippen LogP contribution is -2.33. The molecule has 1 N–H and O–H groups in total. The van der Waals surface area contributed by atoms with Crippen LogP contribution in [0.4, 0.5) is 0 Å². The van der Waals surface area contributed by atoms with Gasteiger partial charge in [0.05, 0.1) is 5.52 Å². The van der Waals surface area contributed by atoms with E-state index in [1.165, 1.54) is 64.6 Å². The van der Waals surface area contributed by atoms with Gasteiger partial charge >= 0.3 is 0 Å². The fraction of sp³-hybridized carbons (Fsp3) is 0.0588. The van der Waals surface area contributed by atoms with Gasteiger partial charge in [-0.05, 0) is 83.1 Å². The summed E-state index contributed by atoms with van der Waals surface area (Å²) in [6, 6.07) is 63.0. The molecule has 2 aromatic heterocycles. The Labute approximate surface area is 329 Å². The van der Waals surface area contributed by atoms with E-state index in [1.54, 1.807) is 0 Å². The number of hydrogen-bond acceptors (Lipinski definition) is 4. The van der Waals surface area contributed by atoms with E-state index < -0.39 is 0 Å². The van der Waals surface area contributed by atoms with Crippen LogP contribution in [0.3, 0.4) is 0 Å². The molecule has 9 aromatic rings. The fourth-order valence-corrected chi connectivity index (χ4v) is 9.71. The molecular weight excluding hydrogens is 701 g/mol. The number of benzene rings is 7. The Hall–Kier alpha value is -6.82. The number of thiophene rings is 1. The van der Waals surface area contributed by atoms with E-state index >= 15 is 0 Å². The molecule has 3 heterocycles. The molecule has 0 saturated heterocycles. The summed E-state index contributed by atoms with van der Waals surface area (Å²) in [4.78, 5) is 10.1. The molecule has 1 atom stereocenters. The molecule has 1 unspecified atom stereocenters. The predicted molar refractivity (Wildman–Crippen MR) is 236 cm³/mol. The molecule has 0 amide bonds. The van der Waals surface area contributed by atoms with Crippen molar-refractivity contribution >= 4 is 65.7 Å². The summed E-state index contributed by atoms with van der Waals surface area (Å²) in [5.74, 6) is 1.54. The zero-order chi connectivity index (χ0) is 37.0. The lowest BCUT2D eigenvalue weighted by atomic mass is 9.91. The molecular formula is C51H36N4S. The number of amidine groups is 2. The molecule has 266 valence electrons. The van der Waals surface area contributed by atoms with Crippen LogP contribution in [-0.2, 0) is 6.42 Å². The summed E-state index contributed by atoms with van der Waals surface area (Å²) in [5.41, 5.74) is 13.3. The first kappa shape index (κ1) is 32.6. The lowest BCUT2D eigenvalue weighted by molar-refractivity contribution is 0.674. The van der Waals surface area contributed by atoms with E-state index in [4.69, 9.17) is 9.98 Å². The summed E-state index contributed by atoms with van der Waals surface area (Å²) < 4.78 is 5.16. The Bertz CT molecular complexity index is 3030. The van der Waals surface area contributed by atoms with Crippen LogP contribution in [0.2, 0.25) is 0 Å². The van der Waals surface area contributed by atoms with Crippen molar-refractivity contribution in [2.45, 2.75) is 19.0 Å². The SMILES string of the molecule is C1=C(c2ccccc2)CCc2c1c1ccc(-c3cccc4c3sc3ccccc34)cc1n2-c1ccc(C2=NC(c3ccccc3)=NC(c3ccccc3)N2)cc1. The van der Waals surface area contributed by atoms with Gasteiger partial charge in [-0.2, -0.15) is 0 Å². The second kappa shape index (κ2) is 13.5. The van der Waals surface area contributed by atoms with Crippen molar-refractivity contribution in [3.05, 3.63) is 209 Å². The Kier molecular flexibility index (Phi) is 7.85. The minimum Gasteiger partial charge on any atom is -0.344 e. The van der Waals surface area contributed by atoms with E-state index in [0.717, 1.165) is 46.9 Å².